The fourth-order valence-electron chi connectivity index (χ4n) is 11.9. The maximum absolute atomic E-state index is 15.1. The van der Waals surface area contributed by atoms with Crippen molar-refractivity contribution in [2.75, 3.05) is 54.4 Å². The van der Waals surface area contributed by atoms with E-state index in [0.717, 1.165) is 137 Å². The lowest BCUT2D eigenvalue weighted by Gasteiger charge is -2.36. The summed E-state index contributed by atoms with van der Waals surface area (Å²) >= 11 is 1.66. The minimum atomic E-state index is -0.180. The number of hydrogen-bond acceptors (Lipinski definition) is 8. The number of unbranched alkanes of at least 4 members (excludes halogenated alkanes) is 1. The van der Waals surface area contributed by atoms with Crippen molar-refractivity contribution in [2.24, 2.45) is 5.92 Å². The first-order valence-corrected chi connectivity index (χ1v) is 27.8. The summed E-state index contributed by atoms with van der Waals surface area (Å²) in [6, 6.07) is 29.7. The third-order valence-electron chi connectivity index (χ3n) is 16.1. The minimum absolute atomic E-state index is 0.0523. The summed E-state index contributed by atoms with van der Waals surface area (Å²) < 4.78 is 18.4. The number of halogens is 1. The fraction of sp³-hybridized carbons (Fsp3) is 0.344. The molecule has 6 heterocycles. The van der Waals surface area contributed by atoms with Gasteiger partial charge < -0.3 is 25.0 Å². The van der Waals surface area contributed by atoms with Crippen LogP contribution in [0.3, 0.4) is 0 Å². The SMILES string of the molecule is C=C1CCC(n2c(=C)c3cc(F)c(N4CCN(CCCC)CC4)cc3c2=C)C(=C)N1.C=Cc1nc(N2CCc3cccc(C(=C)Nc4nc5ccccc5s4)c3C2)ccc1-c1cccc(CC2CCCCC2)c1C. The smallest absolute Gasteiger partial charge is 0.188 e. The van der Waals surface area contributed by atoms with Crippen molar-refractivity contribution in [3.63, 3.8) is 0 Å². The van der Waals surface area contributed by atoms with E-state index < -0.39 is 0 Å². The van der Waals surface area contributed by atoms with E-state index in [9.17, 15) is 0 Å². The number of piperazine rings is 1. The van der Waals surface area contributed by atoms with E-state index in [1.807, 2.05) is 24.3 Å². The summed E-state index contributed by atoms with van der Waals surface area (Å²) in [6.07, 6.45) is 15.2. The van der Waals surface area contributed by atoms with Crippen molar-refractivity contribution in [2.45, 2.75) is 97.1 Å². The summed E-state index contributed by atoms with van der Waals surface area (Å²) in [5, 5.41) is 11.1. The van der Waals surface area contributed by atoms with Crippen molar-refractivity contribution in [3.05, 3.63) is 173 Å². The van der Waals surface area contributed by atoms with E-state index >= 15 is 4.39 Å². The van der Waals surface area contributed by atoms with Gasteiger partial charge in [-0.05, 0) is 122 Å². The van der Waals surface area contributed by atoms with Crippen LogP contribution in [0.15, 0.2) is 123 Å². The Bertz CT molecular complexity index is 3320. The molecule has 7 aromatic rings. The molecule has 3 aromatic heterocycles. The average molecular weight is 1010 g/mol. The maximum atomic E-state index is 15.1. The lowest BCUT2D eigenvalue weighted by molar-refractivity contribution is 0.253. The summed E-state index contributed by atoms with van der Waals surface area (Å²) in [5.41, 5.74) is 14.5. The van der Waals surface area contributed by atoms with Crippen LogP contribution in [0.25, 0.3) is 57.0 Å². The first-order chi connectivity index (χ1) is 36.0. The molecule has 2 saturated heterocycles. The molecule has 8 nitrogen and oxygen atoms in total. The van der Waals surface area contributed by atoms with E-state index in [4.69, 9.17) is 9.97 Å². The van der Waals surface area contributed by atoms with Gasteiger partial charge in [0.25, 0.3) is 0 Å². The van der Waals surface area contributed by atoms with Gasteiger partial charge in [-0.2, -0.15) is 0 Å². The Morgan fingerprint density at radius 2 is 1.59 bits per heavy atom. The quantitative estimate of drug-likeness (QED) is 0.119. The second-order valence-corrected chi connectivity index (χ2v) is 21.9. The number of rotatable bonds is 13. The van der Waals surface area contributed by atoms with E-state index in [1.165, 1.54) is 89.4 Å². The molecule has 10 heteroatoms. The molecule has 3 aliphatic heterocycles. The predicted molar refractivity (Wildman–Crippen MR) is 314 cm³/mol. The molecule has 1 unspecified atom stereocenters. The summed E-state index contributed by atoms with van der Waals surface area (Å²) in [5.74, 6) is 1.63. The number of para-hydroxylation sites is 1. The van der Waals surface area contributed by atoms with Gasteiger partial charge in [0.15, 0.2) is 5.13 Å². The van der Waals surface area contributed by atoms with Gasteiger partial charge in [0, 0.05) is 89.0 Å². The maximum Gasteiger partial charge on any atom is 0.188 e. The molecule has 382 valence electrons. The van der Waals surface area contributed by atoms with Crippen LogP contribution >= 0.6 is 11.3 Å². The normalized spacial score (nSPS) is 17.5. The Balaban J connectivity index is 0.000000182. The van der Waals surface area contributed by atoms with E-state index in [2.05, 4.69) is 144 Å². The Labute approximate surface area is 442 Å². The van der Waals surface area contributed by atoms with E-state index in [1.54, 1.807) is 17.4 Å². The van der Waals surface area contributed by atoms with Crippen molar-refractivity contribution in [1.82, 2.24) is 24.8 Å². The Morgan fingerprint density at radius 3 is 2.35 bits per heavy atom. The van der Waals surface area contributed by atoms with Crippen LogP contribution < -0.4 is 31.1 Å². The summed E-state index contributed by atoms with van der Waals surface area (Å²) in [7, 11) is 0. The molecular weight excluding hydrogens is 932 g/mol. The first kappa shape index (κ1) is 50.8. The first-order valence-electron chi connectivity index (χ1n) is 27.0. The van der Waals surface area contributed by atoms with Gasteiger partial charge in [0.05, 0.1) is 27.6 Å². The molecule has 0 spiro atoms. The standard InChI is InChI=1S/C39H40N4S.C25H33FN4/c1-4-35-33(31-16-11-15-30(26(31)2)24-28-12-6-5-7-13-28)20-21-38(41-35)43-23-22-29-14-10-17-32(34(29)25-43)27(3)40-39-42-36-18-8-9-19-37(36)44-39;1-6-7-10-28-11-13-29(14-12-28)25-16-22-20(5)30(19(4)21(22)15-23(25)26)24-9-8-17(2)27-18(24)3/h4,8-11,14-21,28H,1,3,5-7,12-13,22-25H2,2H3,(H,40,42);15-16,24,27H,2-14H2,1H3. The molecule has 74 heavy (non-hydrogen) atoms. The topological polar surface area (TPSA) is 64.5 Å². The third kappa shape index (κ3) is 10.6. The van der Waals surface area contributed by atoms with Gasteiger partial charge in [-0.15, -0.1) is 0 Å². The Morgan fingerprint density at radius 1 is 0.824 bits per heavy atom. The lowest BCUT2D eigenvalue weighted by Crippen LogP contribution is -2.46. The molecular formula is C64H73FN8S. The molecule has 2 N–H and O–H groups in total. The van der Waals surface area contributed by atoms with Crippen LogP contribution in [0.1, 0.15) is 104 Å². The van der Waals surface area contributed by atoms with Crippen molar-refractivity contribution >= 4 is 73.9 Å². The van der Waals surface area contributed by atoms with Crippen LogP contribution in [-0.2, 0) is 19.4 Å². The van der Waals surface area contributed by atoms with Crippen molar-refractivity contribution < 1.29 is 4.39 Å². The zero-order chi connectivity index (χ0) is 51.5. The molecule has 0 radical (unpaired) electrons. The monoisotopic (exact) mass is 1000 g/mol. The number of nitrogens with zero attached hydrogens (tertiary/aromatic N) is 6. The molecule has 1 saturated carbocycles. The summed E-state index contributed by atoms with van der Waals surface area (Å²) in [4.78, 5) is 17.0. The fourth-order valence-corrected chi connectivity index (χ4v) is 12.8. The molecule has 1 atom stereocenters. The van der Waals surface area contributed by atoms with Crippen LogP contribution in [0.4, 0.5) is 21.0 Å². The zero-order valence-corrected chi connectivity index (χ0v) is 44.6. The molecule has 11 rings (SSSR count). The van der Waals surface area contributed by atoms with Gasteiger partial charge in [0.2, 0.25) is 0 Å². The van der Waals surface area contributed by atoms with Crippen LogP contribution in [0.2, 0.25) is 0 Å². The highest BCUT2D eigenvalue weighted by molar-refractivity contribution is 7.22. The number of aromatic nitrogens is 3. The third-order valence-corrected chi connectivity index (χ3v) is 17.1. The highest BCUT2D eigenvalue weighted by atomic mass is 32.1. The number of piperidine rings is 1. The predicted octanol–water partition coefficient (Wildman–Crippen LogP) is 13.6. The molecule has 1 aliphatic carbocycles. The van der Waals surface area contributed by atoms with Crippen LogP contribution in [0.5, 0.6) is 0 Å². The zero-order valence-electron chi connectivity index (χ0n) is 43.8. The number of nitrogens with one attached hydrogen (secondary N) is 2. The Kier molecular flexibility index (Phi) is 15.4. The van der Waals surface area contributed by atoms with Gasteiger partial charge >= 0.3 is 0 Å². The number of allylic oxidation sites excluding steroid dienone is 2. The number of pyridine rings is 1. The van der Waals surface area contributed by atoms with E-state index in [-0.39, 0.29) is 11.9 Å². The van der Waals surface area contributed by atoms with Crippen molar-refractivity contribution in [3.8, 4) is 11.1 Å². The average Bonchev–Trinajstić information content (AvgIpc) is 3.95. The van der Waals surface area contributed by atoms with Gasteiger partial charge in [-0.1, -0.05) is 145 Å². The second-order valence-electron chi connectivity index (χ2n) is 20.9. The second kappa shape index (κ2) is 22.4. The summed E-state index contributed by atoms with van der Waals surface area (Å²) in [6.45, 7) is 36.4. The number of thiazole rings is 1. The lowest BCUT2D eigenvalue weighted by atomic mass is 9.83. The van der Waals surface area contributed by atoms with Crippen molar-refractivity contribution in [1.29, 1.82) is 0 Å². The van der Waals surface area contributed by atoms with Gasteiger partial charge in [-0.25, -0.2) is 14.4 Å². The minimum Gasteiger partial charge on any atom is -0.367 e. The number of fused-ring (bicyclic) bond motifs is 3. The Hall–Kier alpha value is -6.75. The number of hydrogen-bond donors (Lipinski definition) is 2. The van der Waals surface area contributed by atoms with Gasteiger partial charge in [0.1, 0.15) is 11.6 Å². The highest BCUT2D eigenvalue weighted by Crippen LogP contribution is 2.37. The van der Waals surface area contributed by atoms with E-state index in [0.29, 0.717) is 5.69 Å². The largest absolute Gasteiger partial charge is 0.367 e. The molecule has 4 aliphatic rings. The number of benzene rings is 4. The molecule has 0 bridgehead atoms. The molecule has 4 aromatic carbocycles. The highest BCUT2D eigenvalue weighted by Gasteiger charge is 2.27. The number of anilines is 3. The van der Waals surface area contributed by atoms with Crippen LogP contribution in [-0.4, -0.2) is 58.7 Å². The van der Waals surface area contributed by atoms with Crippen LogP contribution in [0, 0.1) is 18.7 Å². The molecule has 0 amide bonds. The van der Waals surface area contributed by atoms with Gasteiger partial charge in [-0.3, -0.25) is 4.90 Å². The molecule has 3 fully saturated rings.